The van der Waals surface area contributed by atoms with Crippen molar-refractivity contribution in [2.24, 2.45) is 17.6 Å². The molecule has 22 heavy (non-hydrogen) atoms. The molecule has 0 saturated carbocycles. The third-order valence-electron chi connectivity index (χ3n) is 4.70. The van der Waals surface area contributed by atoms with Crippen molar-refractivity contribution in [2.45, 2.75) is 19.3 Å². The van der Waals surface area contributed by atoms with E-state index in [0.29, 0.717) is 19.0 Å². The van der Waals surface area contributed by atoms with Crippen LogP contribution in [0.15, 0.2) is 0 Å². The minimum atomic E-state index is -0.599. The fourth-order valence-corrected chi connectivity index (χ4v) is 3.50. The molecule has 0 aromatic heterocycles. The molecule has 3 N–H and O–H groups in total. The molecule has 0 unspecified atom stereocenters. The summed E-state index contributed by atoms with van der Waals surface area (Å²) in [5.74, 6) is 0.432. The molecule has 2 aliphatic rings. The molecule has 0 bridgehead atoms. The first-order chi connectivity index (χ1) is 10.5. The second-order valence-electron chi connectivity index (χ2n) is 6.65. The summed E-state index contributed by atoms with van der Waals surface area (Å²) in [6.07, 6.45) is 3.47. The molecule has 0 radical (unpaired) electrons. The highest BCUT2D eigenvalue weighted by Gasteiger charge is 2.31. The van der Waals surface area contributed by atoms with Crippen molar-refractivity contribution in [2.75, 3.05) is 52.9 Å². The molecule has 126 valence electrons. The van der Waals surface area contributed by atoms with Gasteiger partial charge in [0.25, 0.3) is 0 Å². The van der Waals surface area contributed by atoms with Crippen molar-refractivity contribution in [3.05, 3.63) is 0 Å². The van der Waals surface area contributed by atoms with Crippen molar-refractivity contribution in [1.82, 2.24) is 14.7 Å². The van der Waals surface area contributed by atoms with Crippen LogP contribution >= 0.6 is 0 Å². The summed E-state index contributed by atoms with van der Waals surface area (Å²) >= 11 is 0. The fourth-order valence-electron chi connectivity index (χ4n) is 3.50. The van der Waals surface area contributed by atoms with Gasteiger partial charge in [-0.15, -0.1) is 0 Å². The van der Waals surface area contributed by atoms with Crippen LogP contribution in [-0.2, 0) is 4.79 Å². The Morgan fingerprint density at radius 2 is 1.86 bits per heavy atom. The number of hydrogen-bond donors (Lipinski definition) is 2. The summed E-state index contributed by atoms with van der Waals surface area (Å²) in [4.78, 5) is 28.9. The van der Waals surface area contributed by atoms with Gasteiger partial charge in [0.15, 0.2) is 0 Å². The summed E-state index contributed by atoms with van der Waals surface area (Å²) in [5.41, 5.74) is 5.17. The maximum atomic E-state index is 12.3. The van der Waals surface area contributed by atoms with Crippen molar-refractivity contribution >= 4 is 11.9 Å². The number of nitrogens with zero attached hydrogens (tertiary/aromatic N) is 3. The van der Waals surface area contributed by atoms with Crippen molar-refractivity contribution in [3.63, 3.8) is 0 Å². The van der Waals surface area contributed by atoms with Crippen LogP contribution in [-0.4, -0.2) is 84.7 Å². The Bertz CT molecular complexity index is 398. The molecule has 7 heteroatoms. The van der Waals surface area contributed by atoms with E-state index in [1.54, 1.807) is 4.90 Å². The summed E-state index contributed by atoms with van der Waals surface area (Å²) in [7, 11) is 1.52. The predicted octanol–water partition coefficient (Wildman–Crippen LogP) is -0.450. The lowest BCUT2D eigenvalue weighted by atomic mass is 9.89. The molecule has 2 atom stereocenters. The minimum absolute atomic E-state index is 0.00389. The number of nitrogens with two attached hydrogens (primary N) is 1. The molecule has 0 aliphatic carbocycles. The number of likely N-dealkylation sites (N-methyl/N-ethyl adjacent to an activating group) is 1. The van der Waals surface area contributed by atoms with E-state index in [-0.39, 0.29) is 25.0 Å². The molecule has 0 aromatic carbocycles. The van der Waals surface area contributed by atoms with Crippen LogP contribution < -0.4 is 5.73 Å². The topological polar surface area (TPSA) is 90.1 Å². The summed E-state index contributed by atoms with van der Waals surface area (Å²) in [6, 6.07) is -0.599. The van der Waals surface area contributed by atoms with Gasteiger partial charge in [0.05, 0.1) is 0 Å². The normalized spacial score (nSPS) is 26.2. The molecule has 7 nitrogen and oxygen atoms in total. The lowest BCUT2D eigenvalue weighted by molar-refractivity contribution is -0.135. The van der Waals surface area contributed by atoms with E-state index in [2.05, 4.69) is 4.90 Å². The minimum Gasteiger partial charge on any atom is -0.396 e. The number of hydrogen-bond acceptors (Lipinski definition) is 4. The molecule has 3 amide bonds. The maximum Gasteiger partial charge on any atom is 0.314 e. The van der Waals surface area contributed by atoms with Crippen molar-refractivity contribution in [3.8, 4) is 0 Å². The number of aliphatic hydroxyl groups excluding tert-OH is 1. The standard InChI is InChI=1S/C15H28N4O3/c1-17(15(16)22)10-14(21)19-8-12(6-13(9-19)11-20)7-18-4-2-3-5-18/h12-13,20H,2-11H2,1H3,(H2,16,22)/t12-,13-/m1/s1. The molecular weight excluding hydrogens is 284 g/mol. The van der Waals surface area contributed by atoms with E-state index in [1.165, 1.54) is 24.8 Å². The molecule has 2 rings (SSSR count). The average Bonchev–Trinajstić information content (AvgIpc) is 2.99. The number of carbonyl (C=O) groups is 2. The van der Waals surface area contributed by atoms with Gasteiger partial charge in [0.1, 0.15) is 6.54 Å². The Hall–Kier alpha value is -1.34. The molecule has 0 aromatic rings. The summed E-state index contributed by atoms with van der Waals surface area (Å²) in [6.45, 7) is 4.65. The zero-order valence-corrected chi connectivity index (χ0v) is 13.4. The highest BCUT2D eigenvalue weighted by atomic mass is 16.3. The lowest BCUT2D eigenvalue weighted by Gasteiger charge is -2.39. The van der Waals surface area contributed by atoms with Crippen LogP contribution in [0.2, 0.25) is 0 Å². The molecule has 2 saturated heterocycles. The number of primary amides is 1. The zero-order valence-electron chi connectivity index (χ0n) is 13.4. The van der Waals surface area contributed by atoms with Gasteiger partial charge in [-0.1, -0.05) is 0 Å². The largest absolute Gasteiger partial charge is 0.396 e. The zero-order chi connectivity index (χ0) is 16.1. The number of aliphatic hydroxyl groups is 1. The monoisotopic (exact) mass is 312 g/mol. The smallest absolute Gasteiger partial charge is 0.314 e. The van der Waals surface area contributed by atoms with Gasteiger partial charge in [0, 0.05) is 33.3 Å². The van der Waals surface area contributed by atoms with Gasteiger partial charge in [-0.2, -0.15) is 0 Å². The highest BCUT2D eigenvalue weighted by Crippen LogP contribution is 2.24. The van der Waals surface area contributed by atoms with E-state index < -0.39 is 6.03 Å². The van der Waals surface area contributed by atoms with E-state index in [4.69, 9.17) is 5.73 Å². The number of carbonyl (C=O) groups excluding carboxylic acids is 2. The fraction of sp³-hybridized carbons (Fsp3) is 0.867. The van der Waals surface area contributed by atoms with Crippen LogP contribution in [0.25, 0.3) is 0 Å². The molecule has 2 heterocycles. The second kappa shape index (κ2) is 7.78. The van der Waals surface area contributed by atoms with E-state index >= 15 is 0 Å². The Labute approximate surface area is 132 Å². The Morgan fingerprint density at radius 3 is 2.45 bits per heavy atom. The SMILES string of the molecule is CN(CC(=O)N1C[C@H](CO)C[C@H](CN2CCCC2)C1)C(N)=O. The molecule has 2 fully saturated rings. The van der Waals surface area contributed by atoms with E-state index in [9.17, 15) is 14.7 Å². The molecule has 0 spiro atoms. The van der Waals surface area contributed by atoms with Crippen LogP contribution in [0.5, 0.6) is 0 Å². The molecule has 2 aliphatic heterocycles. The number of rotatable bonds is 5. The van der Waals surface area contributed by atoms with Crippen LogP contribution in [0.4, 0.5) is 4.79 Å². The third-order valence-corrected chi connectivity index (χ3v) is 4.70. The van der Waals surface area contributed by atoms with Gasteiger partial charge >= 0.3 is 6.03 Å². The average molecular weight is 312 g/mol. The number of likely N-dealkylation sites (tertiary alicyclic amines) is 2. The van der Waals surface area contributed by atoms with Gasteiger partial charge in [-0.25, -0.2) is 4.79 Å². The number of amides is 3. The van der Waals surface area contributed by atoms with Crippen LogP contribution in [0, 0.1) is 11.8 Å². The van der Waals surface area contributed by atoms with Crippen LogP contribution in [0.3, 0.4) is 0 Å². The highest BCUT2D eigenvalue weighted by molar-refractivity contribution is 5.83. The van der Waals surface area contributed by atoms with Crippen molar-refractivity contribution < 1.29 is 14.7 Å². The van der Waals surface area contributed by atoms with E-state index in [1.807, 2.05) is 0 Å². The Kier molecular flexibility index (Phi) is 6.02. The summed E-state index contributed by atoms with van der Waals surface area (Å²) < 4.78 is 0. The lowest BCUT2D eigenvalue weighted by Crippen LogP contribution is -2.51. The quantitative estimate of drug-likeness (QED) is 0.719. The first-order valence-electron chi connectivity index (χ1n) is 8.11. The van der Waals surface area contributed by atoms with Gasteiger partial charge in [-0.3, -0.25) is 4.79 Å². The van der Waals surface area contributed by atoms with E-state index in [0.717, 1.165) is 26.1 Å². The Morgan fingerprint density at radius 1 is 1.23 bits per heavy atom. The number of piperidine rings is 1. The number of urea groups is 1. The third kappa shape index (κ3) is 4.58. The van der Waals surface area contributed by atoms with Gasteiger partial charge < -0.3 is 25.5 Å². The van der Waals surface area contributed by atoms with Crippen LogP contribution in [0.1, 0.15) is 19.3 Å². The first kappa shape index (κ1) is 17.0. The van der Waals surface area contributed by atoms with Crippen molar-refractivity contribution in [1.29, 1.82) is 0 Å². The predicted molar refractivity (Wildman–Crippen MR) is 83.2 cm³/mol. The summed E-state index contributed by atoms with van der Waals surface area (Å²) in [5, 5.41) is 9.50. The molecular formula is C15H28N4O3. The Balaban J connectivity index is 1.91. The second-order valence-corrected chi connectivity index (χ2v) is 6.65. The first-order valence-corrected chi connectivity index (χ1v) is 8.11. The van der Waals surface area contributed by atoms with Gasteiger partial charge in [-0.05, 0) is 44.2 Å². The maximum absolute atomic E-state index is 12.3. The van der Waals surface area contributed by atoms with Gasteiger partial charge in [0.2, 0.25) is 5.91 Å².